The predicted octanol–water partition coefficient (Wildman–Crippen LogP) is 3.47. The van der Waals surface area contributed by atoms with E-state index in [-0.39, 0.29) is 23.0 Å². The second kappa shape index (κ2) is 6.65. The Kier molecular flexibility index (Phi) is 4.88. The zero-order valence-corrected chi connectivity index (χ0v) is 12.3. The molecule has 0 N–H and O–H groups in total. The number of pyridine rings is 1. The van der Waals surface area contributed by atoms with Gasteiger partial charge >= 0.3 is 5.97 Å². The van der Waals surface area contributed by atoms with Crippen molar-refractivity contribution in [2.75, 3.05) is 14.2 Å². The van der Waals surface area contributed by atoms with Crippen LogP contribution in [0.25, 0.3) is 11.1 Å². The van der Waals surface area contributed by atoms with E-state index in [1.165, 1.54) is 32.5 Å². The number of halogens is 2. The fraction of sp³-hybridized carbons (Fsp3) is 0.200. The third kappa shape index (κ3) is 3.20. The van der Waals surface area contributed by atoms with Crippen LogP contribution in [0, 0.1) is 5.82 Å². The van der Waals surface area contributed by atoms with Crippen LogP contribution < -0.4 is 0 Å². The number of aromatic nitrogens is 1. The van der Waals surface area contributed by atoms with Crippen LogP contribution in [0.4, 0.5) is 4.39 Å². The predicted molar refractivity (Wildman–Crippen MR) is 76.7 cm³/mol. The molecule has 4 nitrogen and oxygen atoms in total. The summed E-state index contributed by atoms with van der Waals surface area (Å²) in [6.07, 6.45) is 1.34. The zero-order chi connectivity index (χ0) is 15.4. The SMILES string of the molecule is COCc1ncc(C(=O)OC)c(Cl)c1-c1ccc(F)cc1. The van der Waals surface area contributed by atoms with Gasteiger partial charge in [0.25, 0.3) is 0 Å². The lowest BCUT2D eigenvalue weighted by atomic mass is 10.0. The number of rotatable bonds is 4. The van der Waals surface area contributed by atoms with E-state index in [0.29, 0.717) is 16.8 Å². The molecule has 0 aliphatic carbocycles. The number of nitrogens with zero attached hydrogens (tertiary/aromatic N) is 1. The lowest BCUT2D eigenvalue weighted by Gasteiger charge is -2.13. The summed E-state index contributed by atoms with van der Waals surface area (Å²) < 4.78 is 22.8. The minimum Gasteiger partial charge on any atom is -0.465 e. The van der Waals surface area contributed by atoms with E-state index in [1.54, 1.807) is 12.1 Å². The first-order valence-electron chi connectivity index (χ1n) is 6.09. The highest BCUT2D eigenvalue weighted by Gasteiger charge is 2.19. The number of methoxy groups -OCH3 is 2. The van der Waals surface area contributed by atoms with Crippen LogP contribution in [0.3, 0.4) is 0 Å². The van der Waals surface area contributed by atoms with Gasteiger partial charge in [-0.15, -0.1) is 0 Å². The van der Waals surface area contributed by atoms with Crippen LogP contribution in [0.1, 0.15) is 16.1 Å². The van der Waals surface area contributed by atoms with Crippen molar-refractivity contribution in [3.63, 3.8) is 0 Å². The first-order valence-corrected chi connectivity index (χ1v) is 6.46. The van der Waals surface area contributed by atoms with Gasteiger partial charge in [-0.25, -0.2) is 9.18 Å². The number of benzene rings is 1. The van der Waals surface area contributed by atoms with E-state index in [0.717, 1.165) is 0 Å². The van der Waals surface area contributed by atoms with Gasteiger partial charge in [-0.2, -0.15) is 0 Å². The molecule has 0 saturated carbocycles. The van der Waals surface area contributed by atoms with Gasteiger partial charge in [0.1, 0.15) is 5.82 Å². The molecule has 0 unspecified atom stereocenters. The van der Waals surface area contributed by atoms with Crippen LogP contribution in [0.15, 0.2) is 30.5 Å². The Morgan fingerprint density at radius 1 is 1.29 bits per heavy atom. The molecular weight excluding hydrogens is 297 g/mol. The van der Waals surface area contributed by atoms with E-state index < -0.39 is 5.97 Å². The molecule has 21 heavy (non-hydrogen) atoms. The molecule has 0 aliphatic rings. The smallest absolute Gasteiger partial charge is 0.340 e. The quantitative estimate of drug-likeness (QED) is 0.811. The summed E-state index contributed by atoms with van der Waals surface area (Å²) in [5, 5.41) is 0.204. The number of esters is 1. The molecule has 6 heteroatoms. The third-order valence-corrected chi connectivity index (χ3v) is 3.31. The lowest BCUT2D eigenvalue weighted by molar-refractivity contribution is 0.0600. The normalized spacial score (nSPS) is 10.5. The van der Waals surface area contributed by atoms with Gasteiger partial charge in [0.15, 0.2) is 0 Å². The molecule has 2 rings (SSSR count). The highest BCUT2D eigenvalue weighted by molar-refractivity contribution is 6.36. The van der Waals surface area contributed by atoms with Crippen molar-refractivity contribution in [2.24, 2.45) is 0 Å². The summed E-state index contributed by atoms with van der Waals surface area (Å²) in [5.74, 6) is -0.944. The van der Waals surface area contributed by atoms with Crippen LogP contribution in [0.5, 0.6) is 0 Å². The first-order chi connectivity index (χ1) is 10.1. The van der Waals surface area contributed by atoms with Gasteiger partial charge in [-0.1, -0.05) is 23.7 Å². The van der Waals surface area contributed by atoms with E-state index in [2.05, 4.69) is 9.72 Å². The fourth-order valence-electron chi connectivity index (χ4n) is 1.93. The summed E-state index contributed by atoms with van der Waals surface area (Å²) in [4.78, 5) is 15.9. The molecule has 0 spiro atoms. The van der Waals surface area contributed by atoms with Crippen molar-refractivity contribution in [1.29, 1.82) is 0 Å². The van der Waals surface area contributed by atoms with Crippen molar-refractivity contribution in [1.82, 2.24) is 4.98 Å². The highest BCUT2D eigenvalue weighted by Crippen LogP contribution is 2.33. The maximum Gasteiger partial charge on any atom is 0.340 e. The standard InChI is InChI=1S/C15H13ClFNO3/c1-20-8-12-13(9-3-5-10(17)6-4-9)14(16)11(7-18-12)15(19)21-2/h3-7H,8H2,1-2H3. The summed E-state index contributed by atoms with van der Waals surface area (Å²) in [6.45, 7) is 0.216. The number of carbonyl (C=O) groups excluding carboxylic acids is 1. The number of hydrogen-bond acceptors (Lipinski definition) is 4. The molecule has 0 radical (unpaired) electrons. The number of carbonyl (C=O) groups is 1. The van der Waals surface area contributed by atoms with E-state index in [9.17, 15) is 9.18 Å². The Balaban J connectivity index is 2.64. The Bertz CT molecular complexity index is 659. The molecule has 1 heterocycles. The van der Waals surface area contributed by atoms with Gasteiger partial charge in [0, 0.05) is 18.9 Å². The fourth-order valence-corrected chi connectivity index (χ4v) is 2.28. The van der Waals surface area contributed by atoms with Crippen LogP contribution >= 0.6 is 11.6 Å². The first kappa shape index (κ1) is 15.4. The van der Waals surface area contributed by atoms with Crippen molar-refractivity contribution < 1.29 is 18.7 Å². The van der Waals surface area contributed by atoms with Crippen LogP contribution in [-0.4, -0.2) is 25.2 Å². The topological polar surface area (TPSA) is 48.4 Å². The van der Waals surface area contributed by atoms with E-state index in [4.69, 9.17) is 16.3 Å². The minimum atomic E-state index is -0.583. The molecule has 0 amide bonds. The van der Waals surface area contributed by atoms with Gasteiger partial charge in [-0.3, -0.25) is 4.98 Å². The molecule has 0 bridgehead atoms. The maximum atomic E-state index is 13.1. The second-order valence-corrected chi connectivity index (χ2v) is 4.62. The maximum absolute atomic E-state index is 13.1. The molecular formula is C15H13ClFNO3. The van der Waals surface area contributed by atoms with Crippen LogP contribution in [0.2, 0.25) is 5.02 Å². The average molecular weight is 310 g/mol. The van der Waals surface area contributed by atoms with Crippen molar-refractivity contribution in [3.05, 3.63) is 52.6 Å². The van der Waals surface area contributed by atoms with E-state index in [1.807, 2.05) is 0 Å². The molecule has 1 aromatic carbocycles. The summed E-state index contributed by atoms with van der Waals surface area (Å²) in [5.41, 5.74) is 1.88. The second-order valence-electron chi connectivity index (χ2n) is 4.24. The monoisotopic (exact) mass is 309 g/mol. The molecule has 1 aromatic heterocycles. The minimum absolute atomic E-state index is 0.151. The number of ether oxygens (including phenoxy) is 2. The van der Waals surface area contributed by atoms with Crippen LogP contribution in [-0.2, 0) is 16.1 Å². The molecule has 2 aromatic rings. The Labute approximate surface area is 126 Å². The Morgan fingerprint density at radius 2 is 1.95 bits per heavy atom. The van der Waals surface area contributed by atoms with Gasteiger partial charge < -0.3 is 9.47 Å². The zero-order valence-electron chi connectivity index (χ0n) is 11.5. The lowest BCUT2D eigenvalue weighted by Crippen LogP contribution is -2.07. The largest absolute Gasteiger partial charge is 0.465 e. The molecule has 0 atom stereocenters. The highest BCUT2D eigenvalue weighted by atomic mass is 35.5. The molecule has 0 aliphatic heterocycles. The summed E-state index contributed by atoms with van der Waals surface area (Å²) >= 11 is 6.31. The van der Waals surface area contributed by atoms with Gasteiger partial charge in [0.2, 0.25) is 0 Å². The summed E-state index contributed by atoms with van der Waals surface area (Å²) in [6, 6.07) is 5.76. The summed E-state index contributed by atoms with van der Waals surface area (Å²) in [7, 11) is 2.79. The van der Waals surface area contributed by atoms with Crippen molar-refractivity contribution in [2.45, 2.75) is 6.61 Å². The van der Waals surface area contributed by atoms with Gasteiger partial charge in [0.05, 0.1) is 30.0 Å². The third-order valence-electron chi connectivity index (χ3n) is 2.91. The Morgan fingerprint density at radius 3 is 2.52 bits per heavy atom. The molecule has 0 saturated heterocycles. The molecule has 110 valence electrons. The average Bonchev–Trinajstić information content (AvgIpc) is 2.48. The number of hydrogen-bond donors (Lipinski definition) is 0. The Hall–Kier alpha value is -1.98. The van der Waals surface area contributed by atoms with Crippen molar-refractivity contribution in [3.8, 4) is 11.1 Å². The van der Waals surface area contributed by atoms with Gasteiger partial charge in [-0.05, 0) is 17.7 Å². The van der Waals surface area contributed by atoms with Crippen molar-refractivity contribution >= 4 is 17.6 Å². The molecule has 0 fully saturated rings. The van der Waals surface area contributed by atoms with E-state index >= 15 is 0 Å².